The van der Waals surface area contributed by atoms with Crippen LogP contribution in [0.3, 0.4) is 0 Å². The van der Waals surface area contributed by atoms with E-state index >= 15 is 0 Å². The summed E-state index contributed by atoms with van der Waals surface area (Å²) in [5.74, 6) is 1.62. The van der Waals surface area contributed by atoms with Gasteiger partial charge in [0.2, 0.25) is 5.91 Å². The van der Waals surface area contributed by atoms with E-state index < -0.39 is 0 Å². The van der Waals surface area contributed by atoms with Gasteiger partial charge in [-0.05, 0) is 43.6 Å². The number of amides is 1. The fraction of sp³-hybridized carbons (Fsp3) is 0.615. The first-order chi connectivity index (χ1) is 16.0. The van der Waals surface area contributed by atoms with Crippen LogP contribution in [0.5, 0.6) is 6.01 Å². The molecule has 1 aromatic rings. The molecule has 2 unspecified atom stereocenters. The van der Waals surface area contributed by atoms with E-state index in [1.807, 2.05) is 6.08 Å². The molecule has 178 valence electrons. The van der Waals surface area contributed by atoms with E-state index in [9.17, 15) is 10.1 Å². The van der Waals surface area contributed by atoms with Gasteiger partial charge in [-0.25, -0.2) is 0 Å². The molecule has 0 radical (unpaired) electrons. The van der Waals surface area contributed by atoms with Crippen molar-refractivity contribution in [3.8, 4) is 12.1 Å². The van der Waals surface area contributed by atoms with Crippen molar-refractivity contribution in [1.82, 2.24) is 14.9 Å². The Balaban J connectivity index is 1.86. The molecule has 2 aliphatic rings. The average Bonchev–Trinajstić information content (AvgIpc) is 2.84. The third-order valence-electron chi connectivity index (χ3n) is 6.72. The molecule has 1 fully saturated rings. The van der Waals surface area contributed by atoms with Gasteiger partial charge in [0, 0.05) is 25.2 Å². The van der Waals surface area contributed by atoms with Crippen LogP contribution in [0.4, 0.5) is 5.82 Å². The van der Waals surface area contributed by atoms with E-state index in [-0.39, 0.29) is 18.4 Å². The van der Waals surface area contributed by atoms with Crippen molar-refractivity contribution < 1.29 is 9.53 Å². The molecule has 0 spiro atoms. The Labute approximate surface area is 198 Å². The van der Waals surface area contributed by atoms with Crippen LogP contribution >= 0.6 is 0 Å². The number of piperazine rings is 1. The van der Waals surface area contributed by atoms with Gasteiger partial charge in [-0.3, -0.25) is 4.79 Å². The molecule has 3 atom stereocenters. The van der Waals surface area contributed by atoms with Gasteiger partial charge in [-0.15, -0.1) is 6.58 Å². The summed E-state index contributed by atoms with van der Waals surface area (Å²) in [4.78, 5) is 25.9. The van der Waals surface area contributed by atoms with Crippen LogP contribution in [-0.2, 0) is 17.6 Å². The summed E-state index contributed by atoms with van der Waals surface area (Å²) in [6, 6.07) is 2.47. The molecule has 1 aliphatic carbocycles. The third kappa shape index (κ3) is 6.13. The molecule has 1 aromatic heterocycles. The number of hydrogen-bond donors (Lipinski definition) is 0. The third-order valence-corrected chi connectivity index (χ3v) is 6.72. The second-order valence-electron chi connectivity index (χ2n) is 9.25. The molecule has 1 amide bonds. The summed E-state index contributed by atoms with van der Waals surface area (Å²) < 4.78 is 6.08. The Bertz CT molecular complexity index is 893. The molecular weight excluding hydrogens is 414 g/mol. The maximum atomic E-state index is 12.3. The predicted molar refractivity (Wildman–Crippen MR) is 130 cm³/mol. The largest absolute Gasteiger partial charge is 0.463 e. The number of aromatic nitrogens is 2. The van der Waals surface area contributed by atoms with Gasteiger partial charge in [-0.1, -0.05) is 39.3 Å². The van der Waals surface area contributed by atoms with Crippen LogP contribution in [0.2, 0.25) is 0 Å². The fourth-order valence-corrected chi connectivity index (χ4v) is 4.72. The Morgan fingerprint density at radius 1 is 1.36 bits per heavy atom. The van der Waals surface area contributed by atoms with E-state index in [0.29, 0.717) is 44.1 Å². The highest BCUT2D eigenvalue weighted by atomic mass is 16.5. The van der Waals surface area contributed by atoms with Crippen molar-refractivity contribution in [2.75, 3.05) is 31.1 Å². The first-order valence-electron chi connectivity index (χ1n) is 12.2. The average molecular weight is 452 g/mol. The van der Waals surface area contributed by atoms with E-state index in [2.05, 4.69) is 38.0 Å². The molecular formula is C26H37N5O2. The maximum absolute atomic E-state index is 12.3. The van der Waals surface area contributed by atoms with E-state index in [4.69, 9.17) is 14.7 Å². The summed E-state index contributed by atoms with van der Waals surface area (Å²) in [7, 11) is 0. The molecule has 3 rings (SSSR count). The molecule has 0 N–H and O–H groups in total. The van der Waals surface area contributed by atoms with Crippen molar-refractivity contribution in [2.24, 2.45) is 11.8 Å². The summed E-state index contributed by atoms with van der Waals surface area (Å²) in [5.41, 5.74) is 2.20. The molecule has 0 bridgehead atoms. The Kier molecular flexibility index (Phi) is 8.87. The number of unbranched alkanes of at least 4 members (excludes halogenated alkanes) is 1. The minimum atomic E-state index is -0.192. The zero-order chi connectivity index (χ0) is 23.8. The second-order valence-corrected chi connectivity index (χ2v) is 9.25. The number of fused-ring (bicyclic) bond motifs is 1. The van der Waals surface area contributed by atoms with Gasteiger partial charge >= 0.3 is 6.01 Å². The van der Waals surface area contributed by atoms with Gasteiger partial charge in [-0.2, -0.15) is 15.2 Å². The minimum Gasteiger partial charge on any atom is -0.463 e. The first-order valence-corrected chi connectivity index (χ1v) is 12.2. The van der Waals surface area contributed by atoms with Gasteiger partial charge in [0.15, 0.2) is 0 Å². The Morgan fingerprint density at radius 3 is 2.88 bits per heavy atom. The number of ether oxygens (including phenoxy) is 1. The van der Waals surface area contributed by atoms with Crippen molar-refractivity contribution >= 4 is 11.7 Å². The van der Waals surface area contributed by atoms with Crippen molar-refractivity contribution in [1.29, 1.82) is 5.26 Å². The van der Waals surface area contributed by atoms with Crippen LogP contribution in [0.1, 0.15) is 57.2 Å². The zero-order valence-corrected chi connectivity index (χ0v) is 20.1. The number of nitrogens with zero attached hydrogens (tertiary/aromatic N) is 5. The smallest absolute Gasteiger partial charge is 0.318 e. The summed E-state index contributed by atoms with van der Waals surface area (Å²) >= 11 is 0. The molecule has 33 heavy (non-hydrogen) atoms. The lowest BCUT2D eigenvalue weighted by Crippen LogP contribution is -2.55. The molecule has 1 saturated heterocycles. The number of carbonyl (C=O) groups is 1. The first kappa shape index (κ1) is 24.8. The molecule has 2 heterocycles. The lowest BCUT2D eigenvalue weighted by Gasteiger charge is -2.41. The minimum absolute atomic E-state index is 0.126. The molecule has 0 saturated carbocycles. The number of rotatable bonds is 10. The highest BCUT2D eigenvalue weighted by Crippen LogP contribution is 2.34. The van der Waals surface area contributed by atoms with Gasteiger partial charge in [0.25, 0.3) is 0 Å². The summed E-state index contributed by atoms with van der Waals surface area (Å²) in [6.45, 7) is 14.3. The van der Waals surface area contributed by atoms with Gasteiger partial charge in [0.1, 0.15) is 5.82 Å². The highest BCUT2D eigenvalue weighted by molar-refractivity contribution is 5.87. The summed E-state index contributed by atoms with van der Waals surface area (Å²) in [6.07, 6.45) is 9.87. The topological polar surface area (TPSA) is 82.3 Å². The van der Waals surface area contributed by atoms with Crippen molar-refractivity contribution in [3.63, 3.8) is 0 Å². The van der Waals surface area contributed by atoms with Crippen LogP contribution < -0.4 is 9.64 Å². The predicted octanol–water partition coefficient (Wildman–Crippen LogP) is 4.09. The lowest BCUT2D eigenvalue weighted by molar-refractivity contribution is -0.128. The molecule has 0 aromatic carbocycles. The Morgan fingerprint density at radius 2 is 2.18 bits per heavy atom. The van der Waals surface area contributed by atoms with Gasteiger partial charge in [0.05, 0.1) is 30.8 Å². The normalized spacial score (nSPS) is 21.0. The SMILES string of the molecule is C=CC(=O)N1CCN(c2nc(OC[C@@H](C)CCCC)nc3c2CCC(C=C)C3)CC1CC#N. The second kappa shape index (κ2) is 11.8. The number of hydrogen-bond acceptors (Lipinski definition) is 6. The van der Waals surface area contributed by atoms with Crippen LogP contribution in [0.25, 0.3) is 0 Å². The van der Waals surface area contributed by atoms with E-state index in [1.165, 1.54) is 24.5 Å². The molecule has 7 nitrogen and oxygen atoms in total. The fourth-order valence-electron chi connectivity index (χ4n) is 4.72. The van der Waals surface area contributed by atoms with Crippen molar-refractivity contribution in [3.05, 3.63) is 36.6 Å². The molecule has 7 heteroatoms. The number of nitriles is 1. The van der Waals surface area contributed by atoms with E-state index in [1.54, 1.807) is 4.90 Å². The number of allylic oxidation sites excluding steroid dienone is 1. The van der Waals surface area contributed by atoms with Crippen LogP contribution in [0, 0.1) is 23.2 Å². The van der Waals surface area contributed by atoms with Crippen LogP contribution in [0.15, 0.2) is 25.3 Å². The van der Waals surface area contributed by atoms with Gasteiger partial charge < -0.3 is 14.5 Å². The maximum Gasteiger partial charge on any atom is 0.318 e. The lowest BCUT2D eigenvalue weighted by atomic mass is 9.87. The summed E-state index contributed by atoms with van der Waals surface area (Å²) in [5, 5.41) is 9.34. The standard InChI is InChI=1S/C26H37N5O2/c1-5-8-9-19(4)18-33-26-28-23-16-20(6-2)10-11-22(23)25(29-26)30-14-15-31(24(32)7-3)21(17-30)12-13-27/h6-7,19-21H,2-3,5,8-12,14-18H2,1,4H3/t19-,20?,21?/m0/s1. The quantitative estimate of drug-likeness (QED) is 0.394. The Hall–Kier alpha value is -2.88. The van der Waals surface area contributed by atoms with E-state index in [0.717, 1.165) is 37.2 Å². The van der Waals surface area contributed by atoms with Crippen LogP contribution in [-0.4, -0.2) is 53.1 Å². The zero-order valence-electron chi connectivity index (χ0n) is 20.1. The molecule has 1 aliphatic heterocycles. The number of carbonyl (C=O) groups excluding carboxylic acids is 1. The monoisotopic (exact) mass is 451 g/mol. The number of anilines is 1. The van der Waals surface area contributed by atoms with Crippen molar-refractivity contribution in [2.45, 2.75) is 64.8 Å². The highest BCUT2D eigenvalue weighted by Gasteiger charge is 2.33.